The third-order valence-electron chi connectivity index (χ3n) is 13.9. The van der Waals surface area contributed by atoms with E-state index in [-0.39, 0.29) is 53.9 Å². The van der Waals surface area contributed by atoms with Crippen LogP contribution >= 0.6 is 0 Å². The molecule has 0 radical (unpaired) electrons. The lowest BCUT2D eigenvalue weighted by Gasteiger charge is -2.45. The number of benzene rings is 2. The highest BCUT2D eigenvalue weighted by molar-refractivity contribution is 6.00. The zero-order chi connectivity index (χ0) is 41.0. The Bertz CT molecular complexity index is 2210. The lowest BCUT2D eigenvalue weighted by Crippen LogP contribution is -2.57. The number of nitrogens with zero attached hydrogens (tertiary/aromatic N) is 8. The number of carbonyl (C=O) groups is 1. The van der Waals surface area contributed by atoms with E-state index in [0.717, 1.165) is 57.6 Å². The number of aromatic hydroxyl groups is 1. The number of terminal acetylenes is 1. The summed E-state index contributed by atoms with van der Waals surface area (Å²) in [6, 6.07) is 8.98. The van der Waals surface area contributed by atoms with E-state index in [1.54, 1.807) is 23.1 Å². The molecule has 6 aliphatic heterocycles. The molecule has 1 unspecified atom stereocenters. The van der Waals surface area contributed by atoms with Crippen LogP contribution in [-0.4, -0.2) is 131 Å². The van der Waals surface area contributed by atoms with Crippen LogP contribution in [0.5, 0.6) is 11.8 Å². The zero-order valence-electron chi connectivity index (χ0n) is 33.7. The van der Waals surface area contributed by atoms with E-state index >= 15 is 8.78 Å². The maximum Gasteiger partial charge on any atom is 0.318 e. The number of nitriles is 1. The van der Waals surface area contributed by atoms with Gasteiger partial charge in [0.05, 0.1) is 47.4 Å². The molecule has 1 amide bonds. The van der Waals surface area contributed by atoms with E-state index in [1.807, 2.05) is 4.90 Å². The number of hydrogen-bond donors (Lipinski definition) is 1. The van der Waals surface area contributed by atoms with Crippen LogP contribution in [0.25, 0.3) is 10.8 Å². The molecule has 5 atom stereocenters. The number of phenols is 1. The topological polar surface area (TPSA) is 122 Å². The number of phenolic OH excluding ortho intramolecular Hbond substituents is 1. The number of amides is 1. The molecule has 2 aromatic carbocycles. The highest BCUT2D eigenvalue weighted by Crippen LogP contribution is 2.42. The van der Waals surface area contributed by atoms with Gasteiger partial charge >= 0.3 is 6.01 Å². The number of piperidine rings is 1. The van der Waals surface area contributed by atoms with Gasteiger partial charge in [-0.2, -0.15) is 15.2 Å². The monoisotopic (exact) mass is 806 g/mol. The summed E-state index contributed by atoms with van der Waals surface area (Å²) in [5, 5.41) is 22.0. The molecular formula is C45H52F2N8O4. The Morgan fingerprint density at radius 2 is 1.90 bits per heavy atom. The summed E-state index contributed by atoms with van der Waals surface area (Å²) >= 11 is 0. The van der Waals surface area contributed by atoms with Crippen LogP contribution in [0.3, 0.4) is 0 Å². The average Bonchev–Trinajstić information content (AvgIpc) is 3.69. The van der Waals surface area contributed by atoms with Crippen molar-refractivity contribution in [1.82, 2.24) is 24.7 Å². The lowest BCUT2D eigenvalue weighted by atomic mass is 9.93. The first-order valence-corrected chi connectivity index (χ1v) is 21.1. The minimum Gasteiger partial charge on any atom is -0.508 e. The largest absolute Gasteiger partial charge is 0.508 e. The molecule has 3 aromatic rings. The number of hydrogen-bond acceptors (Lipinski definition) is 11. The molecule has 2 bridgehead atoms. The molecule has 1 aromatic heterocycles. The molecule has 5 fully saturated rings. The quantitative estimate of drug-likeness (QED) is 0.246. The Labute approximate surface area is 344 Å². The molecule has 0 saturated carbocycles. The summed E-state index contributed by atoms with van der Waals surface area (Å²) in [5.41, 5.74) is 1.77. The Kier molecular flexibility index (Phi) is 10.6. The summed E-state index contributed by atoms with van der Waals surface area (Å²) in [4.78, 5) is 34.0. The number of ether oxygens (including phenoxy) is 2. The van der Waals surface area contributed by atoms with Gasteiger partial charge < -0.3 is 34.2 Å². The van der Waals surface area contributed by atoms with Gasteiger partial charge in [-0.15, -0.1) is 6.42 Å². The predicted molar refractivity (Wildman–Crippen MR) is 219 cm³/mol. The second kappa shape index (κ2) is 15.9. The summed E-state index contributed by atoms with van der Waals surface area (Å²) in [6.45, 7) is 11.6. The third kappa shape index (κ3) is 7.23. The van der Waals surface area contributed by atoms with Crippen molar-refractivity contribution >= 4 is 28.2 Å². The number of likely N-dealkylation sites (tertiary alicyclic amines) is 2. The van der Waals surface area contributed by atoms with Crippen molar-refractivity contribution in [3.63, 3.8) is 0 Å². The fourth-order valence-electron chi connectivity index (χ4n) is 11.1. The number of fused-ring (bicyclic) bond motifs is 4. The molecule has 12 nitrogen and oxygen atoms in total. The zero-order valence-corrected chi connectivity index (χ0v) is 33.7. The van der Waals surface area contributed by atoms with Crippen LogP contribution in [0.15, 0.2) is 36.9 Å². The highest BCUT2D eigenvalue weighted by Gasteiger charge is 2.50. The smallest absolute Gasteiger partial charge is 0.318 e. The molecule has 0 spiro atoms. The van der Waals surface area contributed by atoms with Crippen LogP contribution in [0.2, 0.25) is 0 Å². The van der Waals surface area contributed by atoms with Gasteiger partial charge in [0.2, 0.25) is 5.91 Å². The normalized spacial score (nSPS) is 28.1. The van der Waals surface area contributed by atoms with E-state index in [4.69, 9.17) is 25.9 Å². The maximum absolute atomic E-state index is 15.5. The Morgan fingerprint density at radius 3 is 2.64 bits per heavy atom. The molecule has 59 heavy (non-hydrogen) atoms. The summed E-state index contributed by atoms with van der Waals surface area (Å²) in [5.74, 6) is 2.22. The van der Waals surface area contributed by atoms with Gasteiger partial charge in [0.15, 0.2) is 0 Å². The van der Waals surface area contributed by atoms with Crippen molar-refractivity contribution in [2.75, 3.05) is 68.9 Å². The molecule has 0 aliphatic carbocycles. The predicted octanol–water partition coefficient (Wildman–Crippen LogP) is 4.96. The van der Waals surface area contributed by atoms with E-state index in [9.17, 15) is 15.2 Å². The molecular weight excluding hydrogens is 755 g/mol. The molecule has 6 aliphatic rings. The van der Waals surface area contributed by atoms with Gasteiger partial charge in [0.1, 0.15) is 30.2 Å². The summed E-state index contributed by atoms with van der Waals surface area (Å²) < 4.78 is 42.8. The lowest BCUT2D eigenvalue weighted by molar-refractivity contribution is -0.129. The first kappa shape index (κ1) is 39.4. The molecule has 9 rings (SSSR count). The van der Waals surface area contributed by atoms with Crippen LogP contribution < -0.4 is 14.5 Å². The summed E-state index contributed by atoms with van der Waals surface area (Å²) in [6.07, 6.45) is 11.7. The Balaban J connectivity index is 1.02. The highest BCUT2D eigenvalue weighted by atomic mass is 19.1. The Morgan fingerprint density at radius 1 is 1.10 bits per heavy atom. The molecule has 310 valence electrons. The van der Waals surface area contributed by atoms with Gasteiger partial charge in [-0.05, 0) is 82.1 Å². The molecule has 14 heteroatoms. The minimum absolute atomic E-state index is 0.0320. The van der Waals surface area contributed by atoms with Crippen molar-refractivity contribution in [3.05, 3.63) is 59.6 Å². The second-order valence-corrected chi connectivity index (χ2v) is 17.5. The fraction of sp³-hybridized carbons (Fsp3) is 0.556. The number of anilines is 2. The van der Waals surface area contributed by atoms with E-state index < -0.39 is 17.5 Å². The van der Waals surface area contributed by atoms with Crippen molar-refractivity contribution < 1.29 is 28.2 Å². The van der Waals surface area contributed by atoms with Gasteiger partial charge in [-0.25, -0.2) is 8.78 Å². The third-order valence-corrected chi connectivity index (χ3v) is 13.9. The average molecular weight is 807 g/mol. The van der Waals surface area contributed by atoms with Gasteiger partial charge in [-0.3, -0.25) is 9.69 Å². The van der Waals surface area contributed by atoms with Crippen molar-refractivity contribution in [2.24, 2.45) is 5.92 Å². The van der Waals surface area contributed by atoms with Crippen molar-refractivity contribution in [2.45, 2.75) is 94.3 Å². The van der Waals surface area contributed by atoms with E-state index in [1.165, 1.54) is 12.1 Å². The van der Waals surface area contributed by atoms with Crippen LogP contribution in [0.1, 0.15) is 62.3 Å². The first-order chi connectivity index (χ1) is 28.6. The van der Waals surface area contributed by atoms with Crippen molar-refractivity contribution in [1.29, 1.82) is 5.26 Å². The Hall–Kier alpha value is -5.02. The van der Waals surface area contributed by atoms with Gasteiger partial charge in [0, 0.05) is 80.6 Å². The molecule has 1 N–H and O–H groups in total. The summed E-state index contributed by atoms with van der Waals surface area (Å²) in [7, 11) is 0. The van der Waals surface area contributed by atoms with Crippen LogP contribution in [0.4, 0.5) is 20.3 Å². The number of rotatable bonds is 8. The first-order valence-electron chi connectivity index (χ1n) is 21.1. The standard InChI is InChI=1S/C45H52F2N8O4/c1-4-35-37(47)7-6-28-19-34(56)20-39(42(28)35)52-15-10-36-38(25-52)49-44(50-43(36)53-24-33-18-29(22-48)40(26-53)55(33)41(57)5-2)59-27-45(3)21-30(46)23-54(45)32-8-13-51(14-9-32)31-11-16-58-17-12-31/h1,5-7,19-20,29-33,40,56H,2,8-18,21,23-27H2,3H3/t29?,30-,33-,40-,45+/m1/s1. The molecule has 5 saturated heterocycles. The van der Waals surface area contributed by atoms with E-state index in [0.29, 0.717) is 86.0 Å². The number of halogens is 2. The fourth-order valence-corrected chi connectivity index (χ4v) is 11.1. The van der Waals surface area contributed by atoms with Gasteiger partial charge in [-0.1, -0.05) is 18.6 Å². The van der Waals surface area contributed by atoms with E-state index in [2.05, 4.69) is 40.2 Å². The molecule has 7 heterocycles. The second-order valence-electron chi connectivity index (χ2n) is 17.5. The number of carbonyl (C=O) groups excluding carboxylic acids is 1. The number of aromatic nitrogens is 2. The number of alkyl halides is 1. The van der Waals surface area contributed by atoms with Crippen LogP contribution in [-0.2, 0) is 22.5 Å². The van der Waals surface area contributed by atoms with Crippen LogP contribution in [0, 0.1) is 35.4 Å². The van der Waals surface area contributed by atoms with Gasteiger partial charge in [0.25, 0.3) is 0 Å². The maximum atomic E-state index is 15.5. The number of piperazine rings is 1. The van der Waals surface area contributed by atoms with Crippen molar-refractivity contribution in [3.8, 4) is 30.2 Å². The minimum atomic E-state index is -0.973. The SMILES string of the molecule is C#Cc1c(F)ccc2cc(O)cc(N3CCc4c(nc(OC[C@]5(C)C[C@@H](F)CN5C5CCN(C6CCOCC6)CC5)nc4N4C[C@H]5CC(C#N)[C@@H](C4)N5C(=O)C=C)C3)c12.